The Balaban J connectivity index is 1.52. The van der Waals surface area contributed by atoms with Crippen molar-refractivity contribution in [2.75, 3.05) is 24.7 Å². The van der Waals surface area contributed by atoms with E-state index in [1.807, 2.05) is 6.26 Å². The van der Waals surface area contributed by atoms with Crippen LogP contribution in [-0.4, -0.2) is 40.0 Å². The van der Waals surface area contributed by atoms with E-state index in [0.717, 1.165) is 25.9 Å². The summed E-state index contributed by atoms with van der Waals surface area (Å²) in [4.78, 5) is 17.3. The highest BCUT2D eigenvalue weighted by atomic mass is 32.2. The van der Waals surface area contributed by atoms with Crippen LogP contribution in [0.2, 0.25) is 0 Å². The number of nitrogens with one attached hydrogen (secondary N) is 2. The summed E-state index contributed by atoms with van der Waals surface area (Å²) in [5, 5.41) is 11.0. The Morgan fingerprint density at radius 2 is 2.13 bits per heavy atom. The summed E-state index contributed by atoms with van der Waals surface area (Å²) in [7, 11) is 0. The minimum atomic E-state index is -4.64. The molecule has 3 aliphatic rings. The predicted molar refractivity (Wildman–Crippen MR) is 111 cm³/mol. The lowest BCUT2D eigenvalue weighted by atomic mass is 9.56. The minimum absolute atomic E-state index is 0.0253. The van der Waals surface area contributed by atoms with Gasteiger partial charge in [-0.1, -0.05) is 0 Å². The van der Waals surface area contributed by atoms with E-state index >= 15 is 0 Å². The number of aromatic nitrogens is 3. The van der Waals surface area contributed by atoms with E-state index < -0.39 is 17.6 Å². The number of thioether (sulfide) groups is 1. The Kier molecular flexibility index (Phi) is 5.04. The molecule has 1 saturated heterocycles. The van der Waals surface area contributed by atoms with Crippen LogP contribution in [0, 0.1) is 11.3 Å². The normalized spacial score (nSPS) is 22.1. The Morgan fingerprint density at radius 1 is 1.35 bits per heavy atom. The van der Waals surface area contributed by atoms with Gasteiger partial charge < -0.3 is 10.6 Å². The van der Waals surface area contributed by atoms with Gasteiger partial charge >= 0.3 is 6.18 Å². The zero-order valence-corrected chi connectivity index (χ0v) is 17.9. The van der Waals surface area contributed by atoms with Crippen LogP contribution < -0.4 is 10.6 Å². The van der Waals surface area contributed by atoms with Crippen molar-refractivity contribution in [1.82, 2.24) is 20.1 Å². The molecule has 0 aromatic carbocycles. The van der Waals surface area contributed by atoms with E-state index in [1.54, 1.807) is 12.1 Å². The van der Waals surface area contributed by atoms with Crippen LogP contribution in [0.1, 0.15) is 53.3 Å². The van der Waals surface area contributed by atoms with Gasteiger partial charge in [0.2, 0.25) is 0 Å². The van der Waals surface area contributed by atoms with Crippen LogP contribution in [0.5, 0.6) is 0 Å². The summed E-state index contributed by atoms with van der Waals surface area (Å²) in [5.74, 6) is -0.753. The number of alkyl halides is 3. The van der Waals surface area contributed by atoms with Gasteiger partial charge in [0.25, 0.3) is 5.91 Å². The number of anilines is 1. The van der Waals surface area contributed by atoms with Crippen LogP contribution in [0.25, 0.3) is 0 Å². The maximum Gasteiger partial charge on any atom is 0.420 e. The Morgan fingerprint density at radius 3 is 2.68 bits per heavy atom. The largest absolute Gasteiger partial charge is 0.420 e. The fraction of sp³-hybridized carbons (Fsp3) is 0.571. The van der Waals surface area contributed by atoms with Crippen molar-refractivity contribution in [3.63, 3.8) is 0 Å². The van der Waals surface area contributed by atoms with E-state index in [2.05, 4.69) is 20.7 Å². The van der Waals surface area contributed by atoms with Crippen LogP contribution in [0.3, 0.4) is 0 Å². The standard InChI is InChI=1S/C21H24F3N5OS/c1-31-15-8-14(5-7-26-15)27-19(30)18-16(21(22,23)24)17(12-2-3-12)28-29(18)9-13-4-6-20(13)10-25-11-20/h5,7-8,12-13,25H,2-4,6,9-11H2,1H3,(H,26,27,30). The second kappa shape index (κ2) is 7.51. The molecule has 31 heavy (non-hydrogen) atoms. The van der Waals surface area contributed by atoms with Crippen LogP contribution in [-0.2, 0) is 12.7 Å². The van der Waals surface area contributed by atoms with Crippen molar-refractivity contribution in [2.45, 2.75) is 49.3 Å². The average Bonchev–Trinajstić information content (AvgIpc) is 3.43. The van der Waals surface area contributed by atoms with E-state index in [9.17, 15) is 18.0 Å². The molecule has 1 unspecified atom stereocenters. The SMILES string of the molecule is CSc1cc(NC(=O)c2c(C(F)(F)F)c(C3CC3)nn2CC2CCC23CNC3)ccn1. The lowest BCUT2D eigenvalue weighted by molar-refractivity contribution is -0.138. The molecule has 3 heterocycles. The first-order valence-corrected chi connectivity index (χ1v) is 11.7. The Labute approximate surface area is 182 Å². The number of amides is 1. The molecule has 1 spiro atoms. The quantitative estimate of drug-likeness (QED) is 0.646. The van der Waals surface area contributed by atoms with E-state index in [4.69, 9.17) is 0 Å². The number of rotatable bonds is 6. The van der Waals surface area contributed by atoms with Gasteiger partial charge in [-0.05, 0) is 55.4 Å². The minimum Gasteiger partial charge on any atom is -0.321 e. The van der Waals surface area contributed by atoms with Crippen LogP contribution >= 0.6 is 11.8 Å². The maximum absolute atomic E-state index is 14.1. The third kappa shape index (κ3) is 3.73. The molecule has 2 saturated carbocycles. The number of nitrogens with zero attached hydrogens (tertiary/aromatic N) is 3. The first kappa shape index (κ1) is 20.8. The smallest absolute Gasteiger partial charge is 0.321 e. The highest BCUT2D eigenvalue weighted by molar-refractivity contribution is 7.98. The summed E-state index contributed by atoms with van der Waals surface area (Å²) < 4.78 is 43.7. The highest BCUT2D eigenvalue weighted by Crippen LogP contribution is 2.51. The van der Waals surface area contributed by atoms with Gasteiger partial charge in [-0.3, -0.25) is 9.48 Å². The zero-order chi connectivity index (χ0) is 21.8. The van der Waals surface area contributed by atoms with Crippen LogP contribution in [0.15, 0.2) is 23.4 Å². The van der Waals surface area contributed by atoms with Gasteiger partial charge in [0.05, 0.1) is 10.7 Å². The summed E-state index contributed by atoms with van der Waals surface area (Å²) in [6.07, 6.45) is 2.12. The third-order valence-corrected chi connectivity index (χ3v) is 7.49. The van der Waals surface area contributed by atoms with Gasteiger partial charge in [-0.2, -0.15) is 18.3 Å². The zero-order valence-electron chi connectivity index (χ0n) is 17.1. The van der Waals surface area contributed by atoms with Gasteiger partial charge in [0.1, 0.15) is 11.3 Å². The topological polar surface area (TPSA) is 71.8 Å². The number of carbonyl (C=O) groups excluding carboxylic acids is 1. The predicted octanol–water partition coefficient (Wildman–Crippen LogP) is 4.15. The number of hydrogen-bond donors (Lipinski definition) is 2. The second-order valence-corrected chi connectivity index (χ2v) is 9.63. The summed E-state index contributed by atoms with van der Waals surface area (Å²) in [6.45, 7) is 2.11. The molecule has 166 valence electrons. The van der Waals surface area contributed by atoms with E-state index in [1.165, 1.54) is 22.6 Å². The summed E-state index contributed by atoms with van der Waals surface area (Å²) in [5.41, 5.74) is -0.646. The fourth-order valence-corrected chi connectivity index (χ4v) is 5.13. The van der Waals surface area contributed by atoms with Gasteiger partial charge in [-0.25, -0.2) is 4.98 Å². The van der Waals surface area contributed by atoms with E-state index in [-0.39, 0.29) is 28.6 Å². The Hall–Kier alpha value is -2.07. The molecule has 5 rings (SSSR count). The molecule has 3 fully saturated rings. The van der Waals surface area contributed by atoms with Crippen molar-refractivity contribution < 1.29 is 18.0 Å². The fourth-order valence-electron chi connectivity index (χ4n) is 4.72. The molecular weight excluding hydrogens is 427 g/mol. The first-order chi connectivity index (χ1) is 14.8. The Bertz CT molecular complexity index is 1010. The maximum atomic E-state index is 14.1. The van der Waals surface area contributed by atoms with Gasteiger partial charge in [-0.15, -0.1) is 11.8 Å². The molecule has 2 aliphatic carbocycles. The molecule has 2 aromatic heterocycles. The summed E-state index contributed by atoms with van der Waals surface area (Å²) in [6, 6.07) is 3.23. The average molecular weight is 452 g/mol. The molecule has 2 N–H and O–H groups in total. The number of pyridine rings is 1. The summed E-state index contributed by atoms with van der Waals surface area (Å²) >= 11 is 1.39. The molecule has 1 atom stereocenters. The molecule has 0 radical (unpaired) electrons. The monoisotopic (exact) mass is 451 g/mol. The molecule has 0 bridgehead atoms. The van der Waals surface area contributed by atoms with Crippen molar-refractivity contribution in [2.24, 2.45) is 11.3 Å². The molecule has 10 heteroatoms. The second-order valence-electron chi connectivity index (χ2n) is 8.81. The molecule has 1 aliphatic heterocycles. The number of hydrogen-bond acceptors (Lipinski definition) is 5. The van der Waals surface area contributed by atoms with Crippen molar-refractivity contribution in [3.05, 3.63) is 35.3 Å². The lowest BCUT2D eigenvalue weighted by Crippen LogP contribution is -2.63. The van der Waals surface area contributed by atoms with Crippen molar-refractivity contribution in [1.29, 1.82) is 0 Å². The van der Waals surface area contributed by atoms with Gasteiger partial charge in [0.15, 0.2) is 0 Å². The number of carbonyl (C=O) groups is 1. The molecular formula is C21H24F3N5OS. The van der Waals surface area contributed by atoms with Gasteiger partial charge in [0, 0.05) is 37.4 Å². The third-order valence-electron chi connectivity index (χ3n) is 6.85. The first-order valence-electron chi connectivity index (χ1n) is 10.5. The molecule has 2 aromatic rings. The van der Waals surface area contributed by atoms with Crippen molar-refractivity contribution >= 4 is 23.4 Å². The highest BCUT2D eigenvalue weighted by Gasteiger charge is 2.52. The number of halogens is 3. The van der Waals surface area contributed by atoms with Crippen LogP contribution in [0.4, 0.5) is 18.9 Å². The molecule has 6 nitrogen and oxygen atoms in total. The van der Waals surface area contributed by atoms with E-state index in [0.29, 0.717) is 30.1 Å². The van der Waals surface area contributed by atoms with Crippen molar-refractivity contribution in [3.8, 4) is 0 Å². The lowest BCUT2D eigenvalue weighted by Gasteiger charge is -2.56. The molecule has 1 amide bonds.